The van der Waals surface area contributed by atoms with Gasteiger partial charge in [0, 0.05) is 30.2 Å². The summed E-state index contributed by atoms with van der Waals surface area (Å²) in [5.74, 6) is -0.118. The van der Waals surface area contributed by atoms with Crippen LogP contribution in [0.2, 0.25) is 0 Å². The molecule has 1 saturated heterocycles. The molecule has 2 amide bonds. The van der Waals surface area contributed by atoms with Gasteiger partial charge in [0.1, 0.15) is 23.7 Å². The van der Waals surface area contributed by atoms with E-state index in [1.54, 1.807) is 6.20 Å². The molecule has 2 atom stereocenters. The summed E-state index contributed by atoms with van der Waals surface area (Å²) in [7, 11) is 0. The quantitative estimate of drug-likeness (QED) is 0.835. The number of carbonyl (C=O) groups excluding carboxylic acids is 2. The summed E-state index contributed by atoms with van der Waals surface area (Å²) in [6, 6.07) is 2.37. The number of fused-ring (bicyclic) bond motifs is 1. The predicted molar refractivity (Wildman–Crippen MR) is 99.2 cm³/mol. The van der Waals surface area contributed by atoms with Gasteiger partial charge in [-0.2, -0.15) is 0 Å². The van der Waals surface area contributed by atoms with Crippen LogP contribution in [0.1, 0.15) is 29.8 Å². The molecule has 1 aromatic carbocycles. The fourth-order valence-electron chi connectivity index (χ4n) is 3.63. The highest BCUT2D eigenvalue weighted by Gasteiger charge is 2.31. The fraction of sp³-hybridized carbons (Fsp3) is 0.400. The molecule has 146 valence electrons. The van der Waals surface area contributed by atoms with Crippen LogP contribution in [0.5, 0.6) is 5.75 Å². The number of aromatic nitrogens is 2. The maximum Gasteiger partial charge on any atom is 0.242 e. The minimum Gasteiger partial charge on any atom is -0.487 e. The Balaban J connectivity index is 1.51. The number of nitrogens with one attached hydrogen (secondary N) is 2. The highest BCUT2D eigenvalue weighted by atomic mass is 19.1. The lowest BCUT2D eigenvalue weighted by molar-refractivity contribution is -0.126. The highest BCUT2D eigenvalue weighted by Crippen LogP contribution is 2.39. The van der Waals surface area contributed by atoms with Crippen LogP contribution < -0.4 is 15.4 Å². The van der Waals surface area contributed by atoms with E-state index in [2.05, 4.69) is 20.6 Å². The normalized spacial score (nSPS) is 20.5. The molecule has 2 aliphatic heterocycles. The van der Waals surface area contributed by atoms with E-state index in [1.165, 1.54) is 12.1 Å². The van der Waals surface area contributed by atoms with Gasteiger partial charge in [0.05, 0.1) is 23.6 Å². The molecular formula is C20H21FN4O3. The van der Waals surface area contributed by atoms with Gasteiger partial charge < -0.3 is 15.4 Å². The summed E-state index contributed by atoms with van der Waals surface area (Å²) in [6.07, 6.45) is 2.70. The largest absolute Gasteiger partial charge is 0.487 e. The van der Waals surface area contributed by atoms with Crippen LogP contribution in [0, 0.1) is 19.7 Å². The van der Waals surface area contributed by atoms with Crippen molar-refractivity contribution in [3.8, 4) is 17.0 Å². The van der Waals surface area contributed by atoms with Gasteiger partial charge in [-0.1, -0.05) is 0 Å². The molecule has 2 aliphatic rings. The Labute approximate surface area is 161 Å². The van der Waals surface area contributed by atoms with Crippen LogP contribution >= 0.6 is 0 Å². The molecule has 2 unspecified atom stereocenters. The SMILES string of the molecule is Cc1cnc(C)c(-c2cc(F)cc3c2OC(CNC(=O)C2CCC(=O)N2)C3)n1. The predicted octanol–water partition coefficient (Wildman–Crippen LogP) is 1.60. The molecule has 0 bridgehead atoms. The first kappa shape index (κ1) is 18.3. The second-order valence-electron chi connectivity index (χ2n) is 7.23. The number of ether oxygens (including phenoxy) is 1. The second-order valence-corrected chi connectivity index (χ2v) is 7.23. The van der Waals surface area contributed by atoms with Crippen molar-refractivity contribution >= 4 is 11.8 Å². The molecule has 2 aromatic rings. The average molecular weight is 384 g/mol. The van der Waals surface area contributed by atoms with E-state index >= 15 is 0 Å². The van der Waals surface area contributed by atoms with Crippen LogP contribution in [0.15, 0.2) is 18.3 Å². The van der Waals surface area contributed by atoms with Gasteiger partial charge in [-0.15, -0.1) is 0 Å². The molecule has 4 rings (SSSR count). The zero-order chi connectivity index (χ0) is 19.8. The third-order valence-electron chi connectivity index (χ3n) is 5.01. The number of halogens is 1. The van der Waals surface area contributed by atoms with E-state index in [0.717, 1.165) is 11.3 Å². The molecule has 0 radical (unpaired) electrons. The Morgan fingerprint density at radius 2 is 2.21 bits per heavy atom. The minimum atomic E-state index is -0.491. The first-order chi connectivity index (χ1) is 13.4. The van der Waals surface area contributed by atoms with Crippen LogP contribution in [-0.2, 0) is 16.0 Å². The first-order valence-corrected chi connectivity index (χ1v) is 9.27. The van der Waals surface area contributed by atoms with Crippen molar-refractivity contribution in [2.45, 2.75) is 45.3 Å². The highest BCUT2D eigenvalue weighted by molar-refractivity contribution is 5.90. The van der Waals surface area contributed by atoms with Gasteiger partial charge >= 0.3 is 0 Å². The maximum absolute atomic E-state index is 14.2. The molecule has 0 saturated carbocycles. The summed E-state index contributed by atoms with van der Waals surface area (Å²) in [4.78, 5) is 32.3. The first-order valence-electron chi connectivity index (χ1n) is 9.27. The number of hydrogen-bond acceptors (Lipinski definition) is 5. The topological polar surface area (TPSA) is 93.2 Å². The lowest BCUT2D eigenvalue weighted by Gasteiger charge is -2.16. The molecule has 8 heteroatoms. The van der Waals surface area contributed by atoms with E-state index in [0.29, 0.717) is 42.0 Å². The van der Waals surface area contributed by atoms with Gasteiger partial charge in [-0.25, -0.2) is 9.37 Å². The molecule has 0 aliphatic carbocycles. The number of benzene rings is 1. The number of carbonyl (C=O) groups is 2. The summed E-state index contributed by atoms with van der Waals surface area (Å²) in [5, 5.41) is 5.46. The maximum atomic E-state index is 14.2. The van der Waals surface area contributed by atoms with Crippen molar-refractivity contribution in [2.24, 2.45) is 0 Å². The Morgan fingerprint density at radius 1 is 1.39 bits per heavy atom. The molecule has 7 nitrogen and oxygen atoms in total. The monoisotopic (exact) mass is 384 g/mol. The zero-order valence-corrected chi connectivity index (χ0v) is 15.7. The van der Waals surface area contributed by atoms with Crippen molar-refractivity contribution in [2.75, 3.05) is 6.54 Å². The van der Waals surface area contributed by atoms with Gasteiger partial charge in [0.15, 0.2) is 0 Å². The molecule has 1 fully saturated rings. The Hall–Kier alpha value is -3.03. The van der Waals surface area contributed by atoms with Crippen LogP contribution in [0.3, 0.4) is 0 Å². The van der Waals surface area contributed by atoms with Crippen molar-refractivity contribution in [1.29, 1.82) is 0 Å². The number of amides is 2. The van der Waals surface area contributed by atoms with Crippen molar-refractivity contribution in [3.05, 3.63) is 41.1 Å². The van der Waals surface area contributed by atoms with Gasteiger partial charge in [0.25, 0.3) is 0 Å². The number of rotatable bonds is 4. The average Bonchev–Trinajstić information content (AvgIpc) is 3.27. The minimum absolute atomic E-state index is 0.112. The van der Waals surface area contributed by atoms with Gasteiger partial charge in [0.2, 0.25) is 11.8 Å². The molecule has 1 aromatic heterocycles. The Bertz CT molecular complexity index is 963. The lowest BCUT2D eigenvalue weighted by Crippen LogP contribution is -2.44. The van der Waals surface area contributed by atoms with Crippen LogP contribution in [0.4, 0.5) is 4.39 Å². The van der Waals surface area contributed by atoms with E-state index in [4.69, 9.17) is 4.74 Å². The Kier molecular flexibility index (Phi) is 4.70. The standard InChI is InChI=1S/C20H21FN4O3/c1-10-8-22-11(2)18(24-10)15-7-13(21)5-12-6-14(28-19(12)15)9-23-20(27)16-3-4-17(26)25-16/h5,7-8,14,16H,3-4,6,9H2,1-2H3,(H,23,27)(H,25,26). The number of nitrogens with zero attached hydrogens (tertiary/aromatic N) is 2. The summed E-state index contributed by atoms with van der Waals surface area (Å²) < 4.78 is 20.2. The molecule has 2 N–H and O–H groups in total. The van der Waals surface area contributed by atoms with E-state index in [-0.39, 0.29) is 30.3 Å². The third-order valence-corrected chi connectivity index (χ3v) is 5.01. The molecule has 3 heterocycles. The van der Waals surface area contributed by atoms with Crippen LogP contribution in [0.25, 0.3) is 11.3 Å². The third kappa shape index (κ3) is 3.54. The number of hydrogen-bond donors (Lipinski definition) is 2. The summed E-state index contributed by atoms with van der Waals surface area (Å²) in [5.41, 5.74) is 3.33. The summed E-state index contributed by atoms with van der Waals surface area (Å²) >= 11 is 0. The lowest BCUT2D eigenvalue weighted by atomic mass is 10.0. The van der Waals surface area contributed by atoms with E-state index in [9.17, 15) is 14.0 Å². The van der Waals surface area contributed by atoms with Crippen molar-refractivity contribution < 1.29 is 18.7 Å². The second kappa shape index (κ2) is 7.18. The van der Waals surface area contributed by atoms with E-state index < -0.39 is 6.04 Å². The smallest absolute Gasteiger partial charge is 0.242 e. The fourth-order valence-corrected chi connectivity index (χ4v) is 3.63. The van der Waals surface area contributed by atoms with Crippen molar-refractivity contribution in [3.63, 3.8) is 0 Å². The van der Waals surface area contributed by atoms with Gasteiger partial charge in [-0.05, 0) is 32.4 Å². The zero-order valence-electron chi connectivity index (χ0n) is 15.7. The van der Waals surface area contributed by atoms with Gasteiger partial charge in [-0.3, -0.25) is 14.6 Å². The Morgan fingerprint density at radius 3 is 2.96 bits per heavy atom. The van der Waals surface area contributed by atoms with E-state index in [1.807, 2.05) is 13.8 Å². The number of aryl methyl sites for hydroxylation is 2. The van der Waals surface area contributed by atoms with Crippen LogP contribution in [-0.4, -0.2) is 40.5 Å². The molecule has 28 heavy (non-hydrogen) atoms. The molecular weight excluding hydrogens is 363 g/mol. The summed E-state index contributed by atoms with van der Waals surface area (Å²) in [6.45, 7) is 3.93. The van der Waals surface area contributed by atoms with Crippen molar-refractivity contribution in [1.82, 2.24) is 20.6 Å². The molecule has 0 spiro atoms.